The Morgan fingerprint density at radius 3 is 1.67 bits per heavy atom. The fourth-order valence-corrected chi connectivity index (χ4v) is 1.85. The van der Waals surface area contributed by atoms with E-state index >= 15 is 0 Å². The summed E-state index contributed by atoms with van der Waals surface area (Å²) < 4.78 is 0. The monoisotopic (exact) mass is 288 g/mol. The van der Waals surface area contributed by atoms with Crippen LogP contribution in [0.2, 0.25) is 0 Å². The van der Waals surface area contributed by atoms with Gasteiger partial charge in [-0.25, -0.2) is 0 Å². The minimum Gasteiger partial charge on any atom is -0.300 e. The van der Waals surface area contributed by atoms with Gasteiger partial charge >= 0.3 is 0 Å². The van der Waals surface area contributed by atoms with Crippen molar-refractivity contribution in [2.75, 3.05) is 0 Å². The minimum atomic E-state index is 0.264. The quantitative estimate of drug-likeness (QED) is 0.286. The van der Waals surface area contributed by atoms with Gasteiger partial charge in [-0.05, 0) is 45.4 Å². The molecule has 0 saturated carbocycles. The molecule has 0 aliphatic rings. The highest BCUT2D eigenvalue weighted by molar-refractivity contribution is 5.75. The van der Waals surface area contributed by atoms with Gasteiger partial charge in [0.25, 0.3) is 0 Å². The van der Waals surface area contributed by atoms with Crippen LogP contribution in [0.15, 0.2) is 48.6 Å². The molecule has 0 saturated heterocycles. The minimum absolute atomic E-state index is 0.264. The normalized spacial score (nSPS) is 12.5. The molecule has 0 aromatic carbocycles. The van der Waals surface area contributed by atoms with Crippen LogP contribution in [-0.2, 0) is 4.79 Å². The summed E-state index contributed by atoms with van der Waals surface area (Å²) in [6, 6.07) is 0. The van der Waals surface area contributed by atoms with Crippen LogP contribution in [-0.4, -0.2) is 5.78 Å². The Hall–Kier alpha value is -1.37. The van der Waals surface area contributed by atoms with Crippen molar-refractivity contribution in [3.05, 3.63) is 48.6 Å². The first kappa shape index (κ1) is 19.6. The molecule has 0 rings (SSSR count). The third kappa shape index (κ3) is 18.6. The summed E-state index contributed by atoms with van der Waals surface area (Å²) in [6.45, 7) is 3.88. The Balaban J connectivity index is 3.41. The number of Topliss-reactive ketones (excluding diaryl/α,β-unsaturated/α-hetero) is 1. The topological polar surface area (TPSA) is 17.1 Å². The molecule has 0 aromatic heterocycles. The van der Waals surface area contributed by atoms with Crippen molar-refractivity contribution < 1.29 is 4.79 Å². The highest BCUT2D eigenvalue weighted by atomic mass is 16.1. The van der Waals surface area contributed by atoms with Crippen LogP contribution in [0.25, 0.3) is 0 Å². The highest BCUT2D eigenvalue weighted by Gasteiger charge is 1.87. The average Bonchev–Trinajstić information content (AvgIpc) is 2.46. The third-order valence-corrected chi connectivity index (χ3v) is 3.12. The predicted octanol–water partition coefficient (Wildman–Crippen LogP) is 6.33. The second-order valence-electron chi connectivity index (χ2n) is 5.33. The van der Waals surface area contributed by atoms with E-state index in [0.29, 0.717) is 6.42 Å². The van der Waals surface area contributed by atoms with E-state index in [1.165, 1.54) is 25.7 Å². The summed E-state index contributed by atoms with van der Waals surface area (Å²) in [5.41, 5.74) is 0. The third-order valence-electron chi connectivity index (χ3n) is 3.12. The molecule has 0 aromatic rings. The van der Waals surface area contributed by atoms with E-state index in [1.807, 2.05) is 0 Å². The highest BCUT2D eigenvalue weighted by Crippen LogP contribution is 2.01. The number of carbonyl (C=O) groups is 1. The number of unbranched alkanes of at least 4 members (excludes halogenated alkanes) is 3. The Labute approximate surface area is 131 Å². The number of hydrogen-bond donors (Lipinski definition) is 0. The molecule has 21 heavy (non-hydrogen) atoms. The van der Waals surface area contributed by atoms with E-state index in [2.05, 4.69) is 55.5 Å². The van der Waals surface area contributed by atoms with Crippen molar-refractivity contribution in [2.45, 2.75) is 71.6 Å². The maximum Gasteiger partial charge on any atom is 0.130 e. The average molecular weight is 288 g/mol. The van der Waals surface area contributed by atoms with Crippen LogP contribution in [0.1, 0.15) is 71.6 Å². The first-order valence-electron chi connectivity index (χ1n) is 8.36. The van der Waals surface area contributed by atoms with Crippen molar-refractivity contribution in [3.8, 4) is 0 Å². The van der Waals surface area contributed by atoms with Crippen molar-refractivity contribution >= 4 is 5.78 Å². The molecule has 0 fully saturated rings. The lowest BCUT2D eigenvalue weighted by Gasteiger charge is -1.90. The van der Waals surface area contributed by atoms with Gasteiger partial charge in [0.2, 0.25) is 0 Å². The van der Waals surface area contributed by atoms with Crippen LogP contribution in [0.3, 0.4) is 0 Å². The first-order chi connectivity index (χ1) is 10.3. The fourth-order valence-electron chi connectivity index (χ4n) is 1.85. The maximum absolute atomic E-state index is 10.7. The lowest BCUT2D eigenvalue weighted by Crippen LogP contribution is -1.85. The molecule has 118 valence electrons. The molecule has 0 aliphatic heterocycles. The van der Waals surface area contributed by atoms with Gasteiger partial charge in [-0.15, -0.1) is 0 Å². The smallest absolute Gasteiger partial charge is 0.130 e. The van der Waals surface area contributed by atoms with Crippen molar-refractivity contribution in [3.63, 3.8) is 0 Å². The Morgan fingerprint density at radius 1 is 0.714 bits per heavy atom. The molecule has 0 spiro atoms. The summed E-state index contributed by atoms with van der Waals surface area (Å²) >= 11 is 0. The summed E-state index contributed by atoms with van der Waals surface area (Å²) in [5, 5.41) is 0. The summed E-state index contributed by atoms with van der Waals surface area (Å²) in [7, 11) is 0. The Morgan fingerprint density at radius 2 is 1.19 bits per heavy atom. The Kier molecular flexibility index (Phi) is 15.6. The predicted molar refractivity (Wildman–Crippen MR) is 94.5 cm³/mol. The fraction of sp³-hybridized carbons (Fsp3) is 0.550. The van der Waals surface area contributed by atoms with Gasteiger partial charge in [-0.3, -0.25) is 0 Å². The van der Waals surface area contributed by atoms with E-state index in [9.17, 15) is 4.79 Å². The molecule has 0 unspecified atom stereocenters. The molecule has 0 N–H and O–H groups in total. The van der Waals surface area contributed by atoms with Crippen LogP contribution in [0.5, 0.6) is 0 Å². The van der Waals surface area contributed by atoms with Gasteiger partial charge < -0.3 is 4.79 Å². The van der Waals surface area contributed by atoms with Gasteiger partial charge in [0.1, 0.15) is 5.78 Å². The number of carbonyl (C=O) groups excluding carboxylic acids is 1. The summed E-state index contributed by atoms with van der Waals surface area (Å²) in [4.78, 5) is 10.7. The summed E-state index contributed by atoms with van der Waals surface area (Å²) in [5.74, 6) is 0.264. The van der Waals surface area contributed by atoms with Crippen LogP contribution in [0.4, 0.5) is 0 Å². The standard InChI is InChI=1S/C20H32O/c1-3-4-5-6-7-8-9-10-11-12-13-14-15-16-17-18-19-20(2)21/h7-8,10-11,13-14,16-17H,3-6,9,12,15,18-19H2,1-2H3/b8-7-,11-10-,14-13-,17-16-. The molecule has 0 atom stereocenters. The van der Waals surface area contributed by atoms with E-state index in [-0.39, 0.29) is 5.78 Å². The van der Waals surface area contributed by atoms with Gasteiger partial charge in [0.05, 0.1) is 0 Å². The second kappa shape index (κ2) is 16.7. The van der Waals surface area contributed by atoms with Crippen molar-refractivity contribution in [1.29, 1.82) is 0 Å². The van der Waals surface area contributed by atoms with Crippen LogP contribution in [0, 0.1) is 0 Å². The zero-order chi connectivity index (χ0) is 15.6. The van der Waals surface area contributed by atoms with E-state index < -0.39 is 0 Å². The molecule has 0 bridgehead atoms. The van der Waals surface area contributed by atoms with E-state index in [0.717, 1.165) is 25.7 Å². The van der Waals surface area contributed by atoms with Crippen molar-refractivity contribution in [1.82, 2.24) is 0 Å². The van der Waals surface area contributed by atoms with Gasteiger partial charge in [-0.1, -0.05) is 68.4 Å². The van der Waals surface area contributed by atoms with E-state index in [4.69, 9.17) is 0 Å². The molecular formula is C20H32O. The lowest BCUT2D eigenvalue weighted by molar-refractivity contribution is -0.116. The first-order valence-corrected chi connectivity index (χ1v) is 8.36. The molecule has 1 nitrogen and oxygen atoms in total. The number of rotatable bonds is 13. The molecule has 0 aliphatic carbocycles. The number of ketones is 1. The maximum atomic E-state index is 10.7. The second-order valence-corrected chi connectivity index (χ2v) is 5.33. The zero-order valence-corrected chi connectivity index (χ0v) is 13.9. The molecule has 0 heterocycles. The SMILES string of the molecule is CCCCC/C=C\C/C=C\C/C=C\C/C=C\CCC(C)=O. The van der Waals surface area contributed by atoms with Crippen LogP contribution < -0.4 is 0 Å². The van der Waals surface area contributed by atoms with E-state index in [1.54, 1.807) is 6.92 Å². The largest absolute Gasteiger partial charge is 0.300 e. The Bertz CT molecular complexity index is 345. The molecular weight excluding hydrogens is 256 g/mol. The number of allylic oxidation sites excluding steroid dienone is 8. The van der Waals surface area contributed by atoms with Crippen molar-refractivity contribution in [2.24, 2.45) is 0 Å². The molecule has 0 radical (unpaired) electrons. The van der Waals surface area contributed by atoms with Gasteiger partial charge in [0, 0.05) is 6.42 Å². The molecule has 0 amide bonds. The molecule has 1 heteroatoms. The van der Waals surface area contributed by atoms with Crippen LogP contribution >= 0.6 is 0 Å². The van der Waals surface area contributed by atoms with Gasteiger partial charge in [0.15, 0.2) is 0 Å². The number of hydrogen-bond acceptors (Lipinski definition) is 1. The zero-order valence-electron chi connectivity index (χ0n) is 13.9. The van der Waals surface area contributed by atoms with Gasteiger partial charge in [-0.2, -0.15) is 0 Å². The lowest BCUT2D eigenvalue weighted by atomic mass is 10.2. The summed E-state index contributed by atoms with van der Waals surface area (Å²) in [6.07, 6.45) is 27.3.